The minimum atomic E-state index is -4.89. The molecular weight excluding hydrogens is 484 g/mol. The van der Waals surface area contributed by atoms with E-state index in [-0.39, 0.29) is 5.69 Å². The number of halogens is 6. The summed E-state index contributed by atoms with van der Waals surface area (Å²) in [6.45, 7) is 0. The number of aromatic nitrogens is 2. The molecule has 0 saturated heterocycles. The molecule has 4 rings (SSSR count). The van der Waals surface area contributed by atoms with Gasteiger partial charge < -0.3 is 10.4 Å². The second kappa shape index (κ2) is 8.30. The fraction of sp³-hybridized carbons (Fsp3) is 0.333. The van der Waals surface area contributed by atoms with E-state index in [2.05, 4.69) is 20.7 Å². The molecule has 1 aliphatic carbocycles. The fourth-order valence-corrected chi connectivity index (χ4v) is 3.92. The lowest BCUT2D eigenvalue weighted by molar-refractivity contribution is -0.141. The number of rotatable bonds is 3. The molecule has 2 atom stereocenters. The van der Waals surface area contributed by atoms with Crippen molar-refractivity contribution in [3.63, 3.8) is 0 Å². The molecule has 2 amide bonds. The Morgan fingerprint density at radius 1 is 1.17 bits per heavy atom. The van der Waals surface area contributed by atoms with Gasteiger partial charge in [-0.15, -0.1) is 0 Å². The highest BCUT2D eigenvalue weighted by Gasteiger charge is 2.51. The maximum Gasteiger partial charge on any atom is 0.433 e. The Morgan fingerprint density at radius 3 is 2.46 bits per heavy atom. The third kappa shape index (κ3) is 4.46. The first-order valence-electron chi connectivity index (χ1n) is 10.1. The van der Waals surface area contributed by atoms with Gasteiger partial charge in [-0.25, -0.2) is 15.0 Å². The molecular formula is C21H17F6N5O3. The number of nitrogens with one attached hydrogen (secondary N) is 2. The minimum Gasteiger partial charge on any atom is -0.391 e. The van der Waals surface area contributed by atoms with Gasteiger partial charge in [0.05, 0.1) is 28.6 Å². The van der Waals surface area contributed by atoms with Crippen molar-refractivity contribution in [1.29, 1.82) is 0 Å². The van der Waals surface area contributed by atoms with Crippen molar-refractivity contribution < 1.29 is 41.0 Å². The number of alkyl halides is 6. The number of hydrogen-bond acceptors (Lipinski definition) is 6. The molecule has 186 valence electrons. The summed E-state index contributed by atoms with van der Waals surface area (Å²) < 4.78 is 79.2. The van der Waals surface area contributed by atoms with Crippen molar-refractivity contribution in [2.75, 3.05) is 12.4 Å². The zero-order valence-electron chi connectivity index (χ0n) is 17.8. The van der Waals surface area contributed by atoms with Crippen LogP contribution in [0.25, 0.3) is 11.3 Å². The van der Waals surface area contributed by atoms with Crippen molar-refractivity contribution in [3.8, 4) is 11.3 Å². The summed E-state index contributed by atoms with van der Waals surface area (Å²) >= 11 is 0. The zero-order valence-corrected chi connectivity index (χ0v) is 17.8. The summed E-state index contributed by atoms with van der Waals surface area (Å²) in [7, 11) is 1.51. The van der Waals surface area contributed by atoms with Crippen LogP contribution < -0.4 is 10.7 Å². The van der Waals surface area contributed by atoms with Gasteiger partial charge in [0.15, 0.2) is 0 Å². The molecule has 1 fully saturated rings. The summed E-state index contributed by atoms with van der Waals surface area (Å²) in [6.07, 6.45) is -7.94. The zero-order chi connectivity index (χ0) is 25.8. The maximum absolute atomic E-state index is 13.3. The second-order valence-corrected chi connectivity index (χ2v) is 8.10. The number of anilines is 1. The number of carbonyl (C=O) groups is 2. The monoisotopic (exact) mass is 501 g/mol. The van der Waals surface area contributed by atoms with E-state index in [9.17, 15) is 41.0 Å². The molecule has 1 aromatic carbocycles. The van der Waals surface area contributed by atoms with E-state index in [1.807, 2.05) is 0 Å². The number of nitrogens with zero attached hydrogens (tertiary/aromatic N) is 3. The highest BCUT2D eigenvalue weighted by Crippen LogP contribution is 2.41. The van der Waals surface area contributed by atoms with E-state index in [0.29, 0.717) is 37.4 Å². The number of amides is 2. The lowest BCUT2D eigenvalue weighted by Crippen LogP contribution is -2.68. The van der Waals surface area contributed by atoms with Gasteiger partial charge in [-0.3, -0.25) is 15.0 Å². The molecule has 8 nitrogen and oxygen atoms in total. The predicted molar refractivity (Wildman–Crippen MR) is 108 cm³/mol. The SMILES string of the molecule is CN1NC(=O)C(C(=O)Nc2ccc(C(F)(F)F)cc2-c2cc(C(F)(F)F)ncn2)=CC12CCC2O. The van der Waals surface area contributed by atoms with E-state index >= 15 is 0 Å². The molecule has 3 N–H and O–H groups in total. The van der Waals surface area contributed by atoms with E-state index in [0.717, 1.165) is 6.07 Å². The van der Waals surface area contributed by atoms with Crippen molar-refractivity contribution in [1.82, 2.24) is 20.4 Å². The Kier molecular flexibility index (Phi) is 5.84. The van der Waals surface area contributed by atoms with E-state index in [1.165, 1.54) is 18.1 Å². The molecule has 2 aromatic rings. The number of aliphatic hydroxyl groups is 1. The van der Waals surface area contributed by atoms with E-state index in [4.69, 9.17) is 0 Å². The smallest absolute Gasteiger partial charge is 0.391 e. The first kappa shape index (κ1) is 24.6. The quantitative estimate of drug-likeness (QED) is 0.441. The number of benzene rings is 1. The highest BCUT2D eigenvalue weighted by atomic mass is 19.4. The molecule has 2 heterocycles. The van der Waals surface area contributed by atoms with Crippen molar-refractivity contribution in [3.05, 3.63) is 53.5 Å². The minimum absolute atomic E-state index is 0.314. The molecule has 0 radical (unpaired) electrons. The van der Waals surface area contributed by atoms with E-state index in [1.54, 1.807) is 0 Å². The molecule has 35 heavy (non-hydrogen) atoms. The molecule has 0 bridgehead atoms. The van der Waals surface area contributed by atoms with Crippen LogP contribution in [0.2, 0.25) is 0 Å². The number of hydrazine groups is 1. The second-order valence-electron chi connectivity index (χ2n) is 8.10. The maximum atomic E-state index is 13.3. The molecule has 1 spiro atoms. The summed E-state index contributed by atoms with van der Waals surface area (Å²) in [5.74, 6) is -1.86. The van der Waals surface area contributed by atoms with Crippen molar-refractivity contribution in [2.24, 2.45) is 0 Å². The van der Waals surface area contributed by atoms with Gasteiger partial charge in [-0.1, -0.05) is 0 Å². The predicted octanol–water partition coefficient (Wildman–Crippen LogP) is 2.92. The van der Waals surface area contributed by atoms with Crippen LogP contribution in [0, 0.1) is 0 Å². The Labute approximate surface area is 193 Å². The number of likely N-dealkylation sites (N-methyl/N-ethyl adjacent to an activating group) is 1. The van der Waals surface area contributed by atoms with Gasteiger partial charge in [0.1, 0.15) is 17.6 Å². The van der Waals surface area contributed by atoms with E-state index < -0.39 is 63.9 Å². The Bertz CT molecular complexity index is 1230. The van der Waals surface area contributed by atoms with Crippen LogP contribution in [0.5, 0.6) is 0 Å². The van der Waals surface area contributed by atoms with Gasteiger partial charge in [0, 0.05) is 12.6 Å². The molecule has 1 saturated carbocycles. The summed E-state index contributed by atoms with van der Waals surface area (Å²) in [5.41, 5.74) is -2.90. The van der Waals surface area contributed by atoms with Crippen LogP contribution in [0.1, 0.15) is 24.1 Å². The topological polar surface area (TPSA) is 107 Å². The van der Waals surface area contributed by atoms with Gasteiger partial charge in [0.2, 0.25) is 0 Å². The van der Waals surface area contributed by atoms with Crippen LogP contribution in [-0.2, 0) is 21.9 Å². The first-order valence-corrected chi connectivity index (χ1v) is 10.1. The Balaban J connectivity index is 1.75. The third-order valence-corrected chi connectivity index (χ3v) is 6.00. The normalized spacial score (nSPS) is 22.9. The van der Waals surface area contributed by atoms with Gasteiger partial charge in [-0.2, -0.15) is 26.3 Å². The fourth-order valence-electron chi connectivity index (χ4n) is 3.92. The average molecular weight is 501 g/mol. The summed E-state index contributed by atoms with van der Waals surface area (Å²) in [6, 6.07) is 2.48. The standard InChI is InChI=1S/C21H17F6N5O3/c1-32-19(5-4-16(19)33)8-12(18(35)31-32)17(34)30-13-3-2-10(20(22,23)24)6-11(13)14-7-15(21(25,26)27)29-9-28-14/h2-3,6-9,16,33H,4-5H2,1H3,(H,30,34)(H,31,35). The summed E-state index contributed by atoms with van der Waals surface area (Å²) in [5, 5.41) is 13.8. The van der Waals surface area contributed by atoms with Crippen molar-refractivity contribution in [2.45, 2.75) is 36.8 Å². The van der Waals surface area contributed by atoms with Crippen LogP contribution in [0.3, 0.4) is 0 Å². The lowest BCUT2D eigenvalue weighted by atomic mass is 9.71. The Hall–Kier alpha value is -3.52. The van der Waals surface area contributed by atoms with Crippen LogP contribution in [-0.4, -0.2) is 50.6 Å². The van der Waals surface area contributed by atoms with Gasteiger partial charge >= 0.3 is 12.4 Å². The lowest BCUT2D eigenvalue weighted by Gasteiger charge is -2.52. The largest absolute Gasteiger partial charge is 0.433 e. The molecule has 1 aliphatic heterocycles. The molecule has 1 aromatic heterocycles. The average Bonchev–Trinajstić information content (AvgIpc) is 2.77. The van der Waals surface area contributed by atoms with Gasteiger partial charge in [-0.05, 0) is 43.2 Å². The van der Waals surface area contributed by atoms with Crippen LogP contribution in [0.4, 0.5) is 32.0 Å². The first-order chi connectivity index (χ1) is 16.2. The molecule has 2 aliphatic rings. The van der Waals surface area contributed by atoms with Crippen molar-refractivity contribution >= 4 is 17.5 Å². The third-order valence-electron chi connectivity index (χ3n) is 6.00. The Morgan fingerprint density at radius 2 is 1.89 bits per heavy atom. The number of hydrogen-bond donors (Lipinski definition) is 3. The van der Waals surface area contributed by atoms with Crippen LogP contribution in [0.15, 0.2) is 42.2 Å². The molecule has 2 unspecified atom stereocenters. The summed E-state index contributed by atoms with van der Waals surface area (Å²) in [4.78, 5) is 32.1. The number of aliphatic hydroxyl groups excluding tert-OH is 1. The molecule has 14 heteroatoms. The number of carbonyl (C=O) groups excluding carboxylic acids is 2. The van der Waals surface area contributed by atoms with Gasteiger partial charge in [0.25, 0.3) is 11.8 Å². The van der Waals surface area contributed by atoms with Crippen LogP contribution >= 0.6 is 0 Å². The highest BCUT2D eigenvalue weighted by molar-refractivity contribution is 6.23.